The number of aromatic nitrogens is 4. The summed E-state index contributed by atoms with van der Waals surface area (Å²) in [6.45, 7) is 0.361. The van der Waals surface area contributed by atoms with Crippen molar-refractivity contribution in [1.82, 2.24) is 25.1 Å². The molecule has 7 nitrogen and oxygen atoms in total. The standard InChI is InChI=1S/C20H16F3N5O2/c21-20(22,23)30-15-7-6-14-8-17(26-16(14)9-15)19(29)27-18(10-28-12-24-11-25-28)13-4-2-1-3-5-13/h1-9,11-12,18,26H,10H2,(H,27,29). The summed E-state index contributed by atoms with van der Waals surface area (Å²) in [7, 11) is 0. The molecule has 0 aliphatic heterocycles. The Morgan fingerprint density at radius 3 is 2.67 bits per heavy atom. The number of carbonyl (C=O) groups is 1. The molecule has 0 radical (unpaired) electrons. The number of aromatic amines is 1. The molecule has 10 heteroatoms. The summed E-state index contributed by atoms with van der Waals surface area (Å²) in [4.78, 5) is 19.6. The van der Waals surface area contributed by atoms with E-state index in [9.17, 15) is 18.0 Å². The molecule has 4 aromatic rings. The molecular weight excluding hydrogens is 399 g/mol. The highest BCUT2D eigenvalue weighted by Gasteiger charge is 2.31. The van der Waals surface area contributed by atoms with Crippen LogP contribution in [-0.4, -0.2) is 32.0 Å². The molecule has 30 heavy (non-hydrogen) atoms. The molecule has 1 atom stereocenters. The van der Waals surface area contributed by atoms with E-state index in [1.807, 2.05) is 30.3 Å². The lowest BCUT2D eigenvalue weighted by Gasteiger charge is -2.18. The molecule has 0 aliphatic carbocycles. The van der Waals surface area contributed by atoms with Crippen molar-refractivity contribution >= 4 is 16.8 Å². The number of hydrogen-bond donors (Lipinski definition) is 2. The van der Waals surface area contributed by atoms with E-state index in [-0.39, 0.29) is 11.4 Å². The van der Waals surface area contributed by atoms with E-state index >= 15 is 0 Å². The molecule has 2 aromatic carbocycles. The van der Waals surface area contributed by atoms with Crippen LogP contribution in [0, 0.1) is 0 Å². The zero-order chi connectivity index (χ0) is 21.1. The third-order valence-corrected chi connectivity index (χ3v) is 4.42. The van der Waals surface area contributed by atoms with Gasteiger partial charge in [0.15, 0.2) is 0 Å². The van der Waals surface area contributed by atoms with E-state index in [1.165, 1.54) is 24.5 Å². The minimum Gasteiger partial charge on any atom is -0.406 e. The van der Waals surface area contributed by atoms with Gasteiger partial charge in [0.05, 0.1) is 12.6 Å². The van der Waals surface area contributed by atoms with Crippen molar-refractivity contribution < 1.29 is 22.7 Å². The highest BCUT2D eigenvalue weighted by atomic mass is 19.4. The van der Waals surface area contributed by atoms with Gasteiger partial charge in [-0.3, -0.25) is 9.48 Å². The maximum Gasteiger partial charge on any atom is 0.573 e. The fourth-order valence-electron chi connectivity index (χ4n) is 3.10. The molecule has 0 aliphatic rings. The second-order valence-electron chi connectivity index (χ2n) is 6.53. The molecule has 2 N–H and O–H groups in total. The Kier molecular flexibility index (Phi) is 5.13. The van der Waals surface area contributed by atoms with E-state index in [2.05, 4.69) is 25.1 Å². The van der Waals surface area contributed by atoms with E-state index in [4.69, 9.17) is 0 Å². The van der Waals surface area contributed by atoms with Crippen LogP contribution in [0.2, 0.25) is 0 Å². The van der Waals surface area contributed by atoms with Crippen LogP contribution in [0.3, 0.4) is 0 Å². The summed E-state index contributed by atoms with van der Waals surface area (Å²) >= 11 is 0. The Labute approximate surface area is 168 Å². The molecule has 2 heterocycles. The summed E-state index contributed by atoms with van der Waals surface area (Å²) in [6.07, 6.45) is -1.83. The van der Waals surface area contributed by atoms with Crippen molar-refractivity contribution in [3.8, 4) is 5.75 Å². The summed E-state index contributed by atoms with van der Waals surface area (Å²) in [5.41, 5.74) is 1.45. The van der Waals surface area contributed by atoms with Crippen LogP contribution in [0.15, 0.2) is 67.3 Å². The van der Waals surface area contributed by atoms with Gasteiger partial charge < -0.3 is 15.0 Å². The van der Waals surface area contributed by atoms with Crippen molar-refractivity contribution in [3.63, 3.8) is 0 Å². The molecule has 0 saturated carbocycles. The normalized spacial score (nSPS) is 12.6. The number of amides is 1. The van der Waals surface area contributed by atoms with Gasteiger partial charge in [0.25, 0.3) is 5.91 Å². The predicted molar refractivity (Wildman–Crippen MR) is 102 cm³/mol. The number of rotatable bonds is 6. The molecule has 0 spiro atoms. The number of fused-ring (bicyclic) bond motifs is 1. The summed E-state index contributed by atoms with van der Waals surface area (Å²) < 4.78 is 42.8. The molecule has 154 valence electrons. The third kappa shape index (κ3) is 4.59. The molecule has 4 rings (SSSR count). The molecule has 1 amide bonds. The van der Waals surface area contributed by atoms with E-state index in [1.54, 1.807) is 17.1 Å². The van der Waals surface area contributed by atoms with Crippen molar-refractivity contribution in [2.45, 2.75) is 18.9 Å². The quantitative estimate of drug-likeness (QED) is 0.501. The van der Waals surface area contributed by atoms with E-state index in [0.29, 0.717) is 17.4 Å². The highest BCUT2D eigenvalue weighted by Crippen LogP contribution is 2.27. The fraction of sp³-hybridized carbons (Fsp3) is 0.150. The van der Waals surface area contributed by atoms with Crippen LogP contribution in [0.25, 0.3) is 10.9 Å². The Morgan fingerprint density at radius 2 is 1.97 bits per heavy atom. The number of halogens is 3. The van der Waals surface area contributed by atoms with Crippen LogP contribution < -0.4 is 10.1 Å². The highest BCUT2D eigenvalue weighted by molar-refractivity contribution is 5.98. The summed E-state index contributed by atoms with van der Waals surface area (Å²) in [6, 6.07) is 14.4. The average molecular weight is 415 g/mol. The average Bonchev–Trinajstić information content (AvgIpc) is 3.36. The van der Waals surface area contributed by atoms with Crippen LogP contribution in [0.1, 0.15) is 22.1 Å². The van der Waals surface area contributed by atoms with Crippen molar-refractivity contribution in [3.05, 3.63) is 78.5 Å². The lowest BCUT2D eigenvalue weighted by Crippen LogP contribution is -2.31. The molecule has 0 bridgehead atoms. The van der Waals surface area contributed by atoms with E-state index < -0.39 is 18.3 Å². The van der Waals surface area contributed by atoms with Gasteiger partial charge in [-0.2, -0.15) is 5.10 Å². The van der Waals surface area contributed by atoms with Gasteiger partial charge in [-0.1, -0.05) is 30.3 Å². The van der Waals surface area contributed by atoms with Gasteiger partial charge in [-0.25, -0.2) is 4.98 Å². The predicted octanol–water partition coefficient (Wildman–Crippen LogP) is 3.83. The smallest absolute Gasteiger partial charge is 0.406 e. The number of ether oxygens (including phenoxy) is 1. The Hall–Kier alpha value is -3.82. The SMILES string of the molecule is O=C(NC(Cn1cncn1)c1ccccc1)c1cc2ccc(OC(F)(F)F)cc2[nH]1. The van der Waals surface area contributed by atoms with Crippen LogP contribution in [0.5, 0.6) is 5.75 Å². The first kappa shape index (κ1) is 19.5. The monoisotopic (exact) mass is 415 g/mol. The van der Waals surface area contributed by atoms with Crippen LogP contribution in [-0.2, 0) is 6.54 Å². The second kappa shape index (κ2) is 7.90. The number of benzene rings is 2. The van der Waals surface area contributed by atoms with Crippen LogP contribution in [0.4, 0.5) is 13.2 Å². The zero-order valence-electron chi connectivity index (χ0n) is 15.4. The number of alkyl halides is 3. The zero-order valence-corrected chi connectivity index (χ0v) is 15.4. The number of H-pyrrole nitrogens is 1. The Morgan fingerprint density at radius 1 is 1.17 bits per heavy atom. The molecular formula is C20H16F3N5O2. The third-order valence-electron chi connectivity index (χ3n) is 4.42. The van der Waals surface area contributed by atoms with Gasteiger partial charge in [0.1, 0.15) is 24.1 Å². The fourth-order valence-corrected chi connectivity index (χ4v) is 3.10. The maximum absolute atomic E-state index is 12.8. The minimum atomic E-state index is -4.79. The summed E-state index contributed by atoms with van der Waals surface area (Å²) in [5, 5.41) is 7.59. The van der Waals surface area contributed by atoms with Crippen molar-refractivity contribution in [2.24, 2.45) is 0 Å². The minimum absolute atomic E-state index is 0.216. The molecule has 2 aromatic heterocycles. The van der Waals surface area contributed by atoms with Gasteiger partial charge in [-0.05, 0) is 23.8 Å². The number of hydrogen-bond acceptors (Lipinski definition) is 4. The topological polar surface area (TPSA) is 84.8 Å². The lowest BCUT2D eigenvalue weighted by atomic mass is 10.1. The Bertz CT molecular complexity index is 1140. The summed E-state index contributed by atoms with van der Waals surface area (Å²) in [5.74, 6) is -0.768. The van der Waals surface area contributed by atoms with Crippen molar-refractivity contribution in [2.75, 3.05) is 0 Å². The van der Waals surface area contributed by atoms with Gasteiger partial charge >= 0.3 is 6.36 Å². The second-order valence-corrected chi connectivity index (χ2v) is 6.53. The Balaban J connectivity index is 1.56. The first-order chi connectivity index (χ1) is 14.4. The number of carbonyl (C=O) groups excluding carboxylic acids is 1. The first-order valence-electron chi connectivity index (χ1n) is 8.94. The molecule has 1 unspecified atom stereocenters. The first-order valence-corrected chi connectivity index (χ1v) is 8.94. The van der Waals surface area contributed by atoms with Gasteiger partial charge in [0.2, 0.25) is 0 Å². The van der Waals surface area contributed by atoms with Crippen molar-refractivity contribution in [1.29, 1.82) is 0 Å². The van der Waals surface area contributed by atoms with Crippen LogP contribution >= 0.6 is 0 Å². The van der Waals surface area contributed by atoms with Gasteiger partial charge in [0, 0.05) is 17.0 Å². The lowest BCUT2D eigenvalue weighted by molar-refractivity contribution is -0.274. The molecule has 0 fully saturated rings. The van der Waals surface area contributed by atoms with Gasteiger partial charge in [-0.15, -0.1) is 13.2 Å². The maximum atomic E-state index is 12.8. The number of nitrogens with one attached hydrogen (secondary N) is 2. The van der Waals surface area contributed by atoms with E-state index in [0.717, 1.165) is 5.56 Å². The molecule has 0 saturated heterocycles. The number of nitrogens with zero attached hydrogens (tertiary/aromatic N) is 3. The largest absolute Gasteiger partial charge is 0.573 e.